The molecular weight excluding hydrogens is 364 g/mol. The molecule has 120 valence electrons. The minimum atomic E-state index is 0.0229. The lowest BCUT2D eigenvalue weighted by atomic mass is 10.2. The van der Waals surface area contributed by atoms with Gasteiger partial charge in [0, 0.05) is 11.0 Å². The average Bonchev–Trinajstić information content (AvgIpc) is 3.30. The maximum absolute atomic E-state index is 6.73. The summed E-state index contributed by atoms with van der Waals surface area (Å²) >= 11 is 10.1. The summed E-state index contributed by atoms with van der Waals surface area (Å²) in [4.78, 5) is 0. The van der Waals surface area contributed by atoms with Crippen molar-refractivity contribution in [1.82, 2.24) is 24.7 Å². The zero-order valence-electron chi connectivity index (χ0n) is 12.5. The molecule has 0 fully saturated rings. The number of rotatable bonds is 2. The standard InChI is InChI=1S/C15H11ClN6S2/c1-9-12(13(16)21(19-9)10-5-3-2-4-6-10)14-22-11(7-23-14)24-15-18-17-8-20(15)22/h2-8,14H,1H3. The number of thioether (sulfide) groups is 2. The lowest BCUT2D eigenvalue weighted by Gasteiger charge is -2.24. The van der Waals surface area contributed by atoms with Crippen LogP contribution in [0, 0.1) is 6.92 Å². The van der Waals surface area contributed by atoms with Crippen molar-refractivity contribution in [2.75, 3.05) is 5.01 Å². The molecule has 2 aliphatic heterocycles. The minimum absolute atomic E-state index is 0.0229. The number of para-hydroxylation sites is 1. The first-order valence-electron chi connectivity index (χ1n) is 7.27. The van der Waals surface area contributed by atoms with E-state index >= 15 is 0 Å². The Kier molecular flexibility index (Phi) is 3.19. The molecule has 6 nitrogen and oxygen atoms in total. The van der Waals surface area contributed by atoms with Crippen LogP contribution in [0.2, 0.25) is 5.15 Å². The van der Waals surface area contributed by atoms with Crippen LogP contribution in [-0.4, -0.2) is 24.7 Å². The molecule has 0 aliphatic carbocycles. The van der Waals surface area contributed by atoms with E-state index in [9.17, 15) is 0 Å². The third kappa shape index (κ3) is 1.96. The molecule has 2 aromatic heterocycles. The first kappa shape index (κ1) is 14.4. The first-order valence-corrected chi connectivity index (χ1v) is 9.41. The summed E-state index contributed by atoms with van der Waals surface area (Å²) in [5.41, 5.74) is 2.88. The summed E-state index contributed by atoms with van der Waals surface area (Å²) in [7, 11) is 0. The molecule has 3 aromatic rings. The van der Waals surface area contributed by atoms with E-state index in [1.165, 1.54) is 0 Å². The van der Waals surface area contributed by atoms with Crippen molar-refractivity contribution in [3.8, 4) is 5.69 Å². The molecule has 0 radical (unpaired) electrons. The molecule has 0 spiro atoms. The third-order valence-electron chi connectivity index (χ3n) is 3.97. The van der Waals surface area contributed by atoms with Crippen molar-refractivity contribution >= 4 is 35.1 Å². The van der Waals surface area contributed by atoms with Crippen LogP contribution < -0.4 is 5.01 Å². The van der Waals surface area contributed by atoms with Gasteiger partial charge in [-0.05, 0) is 30.8 Å². The molecule has 0 N–H and O–H groups in total. The second kappa shape index (κ2) is 5.30. The number of aryl methyl sites for hydroxylation is 1. The van der Waals surface area contributed by atoms with E-state index in [1.807, 2.05) is 41.9 Å². The summed E-state index contributed by atoms with van der Waals surface area (Å²) in [6, 6.07) is 9.93. The summed E-state index contributed by atoms with van der Waals surface area (Å²) in [5.74, 6) is 0. The Morgan fingerprint density at radius 1 is 1.21 bits per heavy atom. The van der Waals surface area contributed by atoms with Gasteiger partial charge in [-0.15, -0.1) is 10.2 Å². The second-order valence-corrected chi connectivity index (χ2v) is 7.69. The van der Waals surface area contributed by atoms with E-state index in [2.05, 4.69) is 25.7 Å². The van der Waals surface area contributed by atoms with E-state index in [1.54, 1.807) is 34.5 Å². The summed E-state index contributed by atoms with van der Waals surface area (Å²) in [6.45, 7) is 2.00. The number of benzene rings is 1. The highest BCUT2D eigenvalue weighted by atomic mass is 35.5. The van der Waals surface area contributed by atoms with Crippen molar-refractivity contribution in [3.05, 3.63) is 63.5 Å². The average molecular weight is 375 g/mol. The van der Waals surface area contributed by atoms with Crippen LogP contribution in [-0.2, 0) is 0 Å². The van der Waals surface area contributed by atoms with E-state index in [4.69, 9.17) is 11.6 Å². The SMILES string of the molecule is Cc1nn(-c2ccccc2)c(Cl)c1C1SC=C2Sc3nncn3N21. The van der Waals surface area contributed by atoms with E-state index in [0.29, 0.717) is 5.15 Å². The highest BCUT2D eigenvalue weighted by Gasteiger charge is 2.40. The van der Waals surface area contributed by atoms with Gasteiger partial charge in [0.1, 0.15) is 21.9 Å². The molecule has 24 heavy (non-hydrogen) atoms. The predicted molar refractivity (Wildman–Crippen MR) is 95.8 cm³/mol. The second-order valence-electron chi connectivity index (χ2n) is 5.39. The quantitative estimate of drug-likeness (QED) is 0.681. The maximum atomic E-state index is 6.73. The van der Waals surface area contributed by atoms with Gasteiger partial charge in [-0.3, -0.25) is 5.01 Å². The lowest BCUT2D eigenvalue weighted by Crippen LogP contribution is -2.28. The lowest BCUT2D eigenvalue weighted by molar-refractivity contribution is 0.632. The molecule has 5 rings (SSSR count). The molecular formula is C15H11ClN6S2. The van der Waals surface area contributed by atoms with Crippen LogP contribution >= 0.6 is 35.1 Å². The normalized spacial score (nSPS) is 18.7. The number of aromatic nitrogens is 5. The van der Waals surface area contributed by atoms with Gasteiger partial charge in [0.2, 0.25) is 5.16 Å². The molecule has 1 atom stereocenters. The molecule has 1 unspecified atom stereocenters. The van der Waals surface area contributed by atoms with Crippen LogP contribution in [0.1, 0.15) is 16.6 Å². The van der Waals surface area contributed by atoms with Gasteiger partial charge in [-0.2, -0.15) is 5.10 Å². The Labute approximate surface area is 151 Å². The van der Waals surface area contributed by atoms with Gasteiger partial charge in [0.15, 0.2) is 0 Å². The molecule has 0 saturated carbocycles. The fourth-order valence-corrected chi connectivity index (χ4v) is 5.65. The van der Waals surface area contributed by atoms with Crippen molar-refractivity contribution < 1.29 is 0 Å². The Hall–Kier alpha value is -1.90. The Balaban J connectivity index is 1.61. The van der Waals surface area contributed by atoms with Gasteiger partial charge in [0.05, 0.1) is 11.4 Å². The highest BCUT2D eigenvalue weighted by molar-refractivity contribution is 8.07. The zero-order chi connectivity index (χ0) is 16.3. The van der Waals surface area contributed by atoms with Gasteiger partial charge < -0.3 is 0 Å². The molecule has 0 amide bonds. The van der Waals surface area contributed by atoms with Crippen molar-refractivity contribution in [2.45, 2.75) is 17.5 Å². The monoisotopic (exact) mass is 374 g/mol. The van der Waals surface area contributed by atoms with Crippen LogP contribution in [0.3, 0.4) is 0 Å². The van der Waals surface area contributed by atoms with Crippen LogP contribution in [0.5, 0.6) is 0 Å². The van der Waals surface area contributed by atoms with Crippen LogP contribution in [0.25, 0.3) is 5.69 Å². The van der Waals surface area contributed by atoms with Crippen LogP contribution in [0.15, 0.2) is 52.3 Å². The Bertz CT molecular complexity index is 964. The Morgan fingerprint density at radius 3 is 2.88 bits per heavy atom. The zero-order valence-corrected chi connectivity index (χ0v) is 14.9. The topological polar surface area (TPSA) is 51.8 Å². The number of hydrogen-bond acceptors (Lipinski definition) is 6. The number of fused-ring (bicyclic) bond motifs is 3. The summed E-state index contributed by atoms with van der Waals surface area (Å²) < 4.78 is 3.76. The van der Waals surface area contributed by atoms with Gasteiger partial charge >= 0.3 is 0 Å². The largest absolute Gasteiger partial charge is 0.252 e. The third-order valence-corrected chi connectivity index (χ3v) is 6.50. The van der Waals surface area contributed by atoms with E-state index < -0.39 is 0 Å². The number of halogens is 1. The molecule has 0 saturated heterocycles. The maximum Gasteiger partial charge on any atom is 0.216 e. The highest BCUT2D eigenvalue weighted by Crippen LogP contribution is 2.52. The summed E-state index contributed by atoms with van der Waals surface area (Å²) in [6.07, 6.45) is 1.73. The van der Waals surface area contributed by atoms with Gasteiger partial charge in [-0.1, -0.05) is 41.6 Å². The fraction of sp³-hybridized carbons (Fsp3) is 0.133. The predicted octanol–water partition coefficient (Wildman–Crippen LogP) is 3.71. The van der Waals surface area contributed by atoms with Crippen LogP contribution in [0.4, 0.5) is 0 Å². The molecule has 0 bridgehead atoms. The molecule has 1 aromatic carbocycles. The van der Waals surface area contributed by atoms with E-state index in [0.717, 1.165) is 27.1 Å². The van der Waals surface area contributed by atoms with Crippen molar-refractivity contribution in [2.24, 2.45) is 0 Å². The van der Waals surface area contributed by atoms with Crippen molar-refractivity contribution in [1.29, 1.82) is 0 Å². The first-order chi connectivity index (χ1) is 11.7. The van der Waals surface area contributed by atoms with Gasteiger partial charge in [0.25, 0.3) is 0 Å². The van der Waals surface area contributed by atoms with Gasteiger partial charge in [-0.25, -0.2) is 9.36 Å². The molecule has 2 aliphatic rings. The molecule has 9 heteroatoms. The van der Waals surface area contributed by atoms with Crippen molar-refractivity contribution in [3.63, 3.8) is 0 Å². The number of nitrogens with zero attached hydrogens (tertiary/aromatic N) is 6. The fourth-order valence-electron chi connectivity index (χ4n) is 2.89. The smallest absolute Gasteiger partial charge is 0.216 e. The van der Waals surface area contributed by atoms with E-state index in [-0.39, 0.29) is 5.37 Å². The Morgan fingerprint density at radius 2 is 2.04 bits per heavy atom. The number of hydrogen-bond donors (Lipinski definition) is 0. The summed E-state index contributed by atoms with van der Waals surface area (Å²) in [5, 5.41) is 19.8. The minimum Gasteiger partial charge on any atom is -0.252 e. The molecule has 4 heterocycles.